The van der Waals surface area contributed by atoms with E-state index in [1.54, 1.807) is 0 Å². The first kappa shape index (κ1) is 15.3. The quantitative estimate of drug-likeness (QED) is 0.744. The van der Waals surface area contributed by atoms with Gasteiger partial charge in [-0.25, -0.2) is 4.98 Å². The van der Waals surface area contributed by atoms with Crippen LogP contribution in [0.5, 0.6) is 0 Å². The predicted octanol–water partition coefficient (Wildman–Crippen LogP) is 4.30. The van der Waals surface area contributed by atoms with E-state index in [0.717, 1.165) is 43.0 Å². The van der Waals surface area contributed by atoms with E-state index in [2.05, 4.69) is 58.7 Å². The van der Waals surface area contributed by atoms with Crippen LogP contribution in [-0.4, -0.2) is 16.5 Å². The average molecular weight is 284 g/mol. The SMILES string of the molecule is CCCCNc1nc(C)cc(Nc2ccc(CC)cc2)n1. The Morgan fingerprint density at radius 1 is 1.05 bits per heavy atom. The fourth-order valence-electron chi connectivity index (χ4n) is 2.06. The lowest BCUT2D eigenvalue weighted by molar-refractivity contribution is 0.825. The number of benzene rings is 1. The van der Waals surface area contributed by atoms with Gasteiger partial charge < -0.3 is 10.6 Å². The van der Waals surface area contributed by atoms with Crippen LogP contribution in [0, 0.1) is 6.92 Å². The Morgan fingerprint density at radius 3 is 2.48 bits per heavy atom. The minimum Gasteiger partial charge on any atom is -0.354 e. The number of aromatic nitrogens is 2. The smallest absolute Gasteiger partial charge is 0.224 e. The molecule has 0 amide bonds. The van der Waals surface area contributed by atoms with Crippen LogP contribution < -0.4 is 10.6 Å². The van der Waals surface area contributed by atoms with Crippen LogP contribution in [-0.2, 0) is 6.42 Å². The number of nitrogens with zero attached hydrogens (tertiary/aromatic N) is 2. The number of nitrogens with one attached hydrogen (secondary N) is 2. The Morgan fingerprint density at radius 2 is 1.81 bits per heavy atom. The van der Waals surface area contributed by atoms with Crippen LogP contribution >= 0.6 is 0 Å². The van der Waals surface area contributed by atoms with Gasteiger partial charge in [0.1, 0.15) is 5.82 Å². The van der Waals surface area contributed by atoms with Gasteiger partial charge in [0.15, 0.2) is 0 Å². The summed E-state index contributed by atoms with van der Waals surface area (Å²) < 4.78 is 0. The molecule has 1 aromatic heterocycles. The summed E-state index contributed by atoms with van der Waals surface area (Å²) in [6, 6.07) is 10.4. The first-order valence-electron chi connectivity index (χ1n) is 7.66. The third kappa shape index (κ3) is 4.74. The average Bonchev–Trinajstić information content (AvgIpc) is 2.48. The van der Waals surface area contributed by atoms with E-state index >= 15 is 0 Å². The zero-order chi connectivity index (χ0) is 15.1. The summed E-state index contributed by atoms with van der Waals surface area (Å²) in [6.07, 6.45) is 3.34. The Hall–Kier alpha value is -2.10. The molecule has 4 heteroatoms. The molecule has 0 aliphatic heterocycles. The van der Waals surface area contributed by atoms with Crippen molar-refractivity contribution in [3.05, 3.63) is 41.6 Å². The largest absolute Gasteiger partial charge is 0.354 e. The molecular formula is C17H24N4. The molecule has 0 bridgehead atoms. The molecule has 4 nitrogen and oxygen atoms in total. The second kappa shape index (κ2) is 7.62. The summed E-state index contributed by atoms with van der Waals surface area (Å²) in [5, 5.41) is 6.60. The van der Waals surface area contributed by atoms with E-state index in [4.69, 9.17) is 0 Å². The highest BCUT2D eigenvalue weighted by Gasteiger charge is 2.02. The van der Waals surface area contributed by atoms with Gasteiger partial charge in [-0.2, -0.15) is 4.98 Å². The topological polar surface area (TPSA) is 49.8 Å². The van der Waals surface area contributed by atoms with Crippen LogP contribution in [0.2, 0.25) is 0 Å². The van der Waals surface area contributed by atoms with Crippen molar-refractivity contribution in [1.29, 1.82) is 0 Å². The molecule has 0 aliphatic carbocycles. The molecular weight excluding hydrogens is 260 g/mol. The molecule has 21 heavy (non-hydrogen) atoms. The first-order chi connectivity index (χ1) is 10.2. The van der Waals surface area contributed by atoms with Crippen LogP contribution in [0.3, 0.4) is 0 Å². The van der Waals surface area contributed by atoms with E-state index < -0.39 is 0 Å². The molecule has 2 rings (SSSR count). The fourth-order valence-corrected chi connectivity index (χ4v) is 2.06. The monoisotopic (exact) mass is 284 g/mol. The number of unbranched alkanes of at least 4 members (excludes halogenated alkanes) is 1. The third-order valence-corrected chi connectivity index (χ3v) is 3.30. The van der Waals surface area contributed by atoms with Crippen LogP contribution in [0.1, 0.15) is 37.9 Å². The summed E-state index contributed by atoms with van der Waals surface area (Å²) in [5.74, 6) is 1.52. The van der Waals surface area contributed by atoms with Crippen molar-refractivity contribution in [1.82, 2.24) is 9.97 Å². The lowest BCUT2D eigenvalue weighted by Gasteiger charge is -2.10. The van der Waals surface area contributed by atoms with Crippen molar-refractivity contribution in [2.24, 2.45) is 0 Å². The number of rotatable bonds is 7. The molecule has 0 unspecified atom stereocenters. The standard InChI is InChI=1S/C17H24N4/c1-4-6-11-18-17-19-13(3)12-16(21-17)20-15-9-7-14(5-2)8-10-15/h7-10,12H,4-6,11H2,1-3H3,(H2,18,19,20,21). The minimum absolute atomic E-state index is 0.691. The number of anilines is 3. The number of aryl methyl sites for hydroxylation is 2. The molecule has 0 atom stereocenters. The molecule has 0 saturated heterocycles. The van der Waals surface area contributed by atoms with Crippen LogP contribution in [0.25, 0.3) is 0 Å². The predicted molar refractivity (Wildman–Crippen MR) is 89.3 cm³/mol. The molecule has 0 aliphatic rings. The highest BCUT2D eigenvalue weighted by atomic mass is 15.1. The zero-order valence-corrected chi connectivity index (χ0v) is 13.1. The van der Waals surface area contributed by atoms with Gasteiger partial charge in [0.2, 0.25) is 5.95 Å². The van der Waals surface area contributed by atoms with E-state index in [0.29, 0.717) is 5.95 Å². The zero-order valence-electron chi connectivity index (χ0n) is 13.1. The van der Waals surface area contributed by atoms with Crippen molar-refractivity contribution in [2.75, 3.05) is 17.2 Å². The Bertz CT molecular complexity index is 564. The van der Waals surface area contributed by atoms with E-state index in [1.165, 1.54) is 5.56 Å². The molecule has 0 spiro atoms. The summed E-state index contributed by atoms with van der Waals surface area (Å²) >= 11 is 0. The maximum Gasteiger partial charge on any atom is 0.224 e. The maximum absolute atomic E-state index is 4.51. The highest BCUT2D eigenvalue weighted by molar-refractivity contribution is 5.57. The van der Waals surface area contributed by atoms with Gasteiger partial charge in [0, 0.05) is 24.0 Å². The second-order valence-electron chi connectivity index (χ2n) is 5.17. The molecule has 2 aromatic rings. The molecule has 0 saturated carbocycles. The molecule has 112 valence electrons. The fraction of sp³-hybridized carbons (Fsp3) is 0.412. The van der Waals surface area contributed by atoms with Crippen LogP contribution in [0.15, 0.2) is 30.3 Å². The van der Waals surface area contributed by atoms with Gasteiger partial charge in [-0.05, 0) is 37.5 Å². The maximum atomic E-state index is 4.51. The van der Waals surface area contributed by atoms with Crippen molar-refractivity contribution in [2.45, 2.75) is 40.0 Å². The molecule has 2 N–H and O–H groups in total. The van der Waals surface area contributed by atoms with Gasteiger partial charge >= 0.3 is 0 Å². The van der Waals surface area contributed by atoms with E-state index in [9.17, 15) is 0 Å². The summed E-state index contributed by atoms with van der Waals surface area (Å²) in [5.41, 5.74) is 3.34. The summed E-state index contributed by atoms with van der Waals surface area (Å²) in [6.45, 7) is 7.22. The molecule has 0 fully saturated rings. The van der Waals surface area contributed by atoms with Crippen molar-refractivity contribution in [3.63, 3.8) is 0 Å². The second-order valence-corrected chi connectivity index (χ2v) is 5.17. The Labute approximate surface area is 127 Å². The van der Waals surface area contributed by atoms with Crippen molar-refractivity contribution >= 4 is 17.5 Å². The van der Waals surface area contributed by atoms with Gasteiger partial charge in [-0.1, -0.05) is 32.4 Å². The lowest BCUT2D eigenvalue weighted by Crippen LogP contribution is -2.07. The van der Waals surface area contributed by atoms with Gasteiger partial charge in [-0.15, -0.1) is 0 Å². The summed E-state index contributed by atoms with van der Waals surface area (Å²) in [4.78, 5) is 8.92. The van der Waals surface area contributed by atoms with Gasteiger partial charge in [-0.3, -0.25) is 0 Å². The van der Waals surface area contributed by atoms with E-state index in [-0.39, 0.29) is 0 Å². The molecule has 1 heterocycles. The first-order valence-corrected chi connectivity index (χ1v) is 7.66. The summed E-state index contributed by atoms with van der Waals surface area (Å²) in [7, 11) is 0. The van der Waals surface area contributed by atoms with Gasteiger partial charge in [0.05, 0.1) is 0 Å². The Balaban J connectivity index is 2.07. The van der Waals surface area contributed by atoms with Gasteiger partial charge in [0.25, 0.3) is 0 Å². The third-order valence-electron chi connectivity index (χ3n) is 3.30. The minimum atomic E-state index is 0.691. The number of hydrogen-bond donors (Lipinski definition) is 2. The molecule has 1 aromatic carbocycles. The van der Waals surface area contributed by atoms with Crippen LogP contribution in [0.4, 0.5) is 17.5 Å². The normalized spacial score (nSPS) is 10.4. The van der Waals surface area contributed by atoms with Crippen molar-refractivity contribution < 1.29 is 0 Å². The highest BCUT2D eigenvalue weighted by Crippen LogP contribution is 2.17. The Kier molecular flexibility index (Phi) is 5.55. The lowest BCUT2D eigenvalue weighted by atomic mass is 10.1. The van der Waals surface area contributed by atoms with E-state index in [1.807, 2.05) is 13.0 Å². The molecule has 0 radical (unpaired) electrons. The van der Waals surface area contributed by atoms with Crippen molar-refractivity contribution in [3.8, 4) is 0 Å². The number of hydrogen-bond acceptors (Lipinski definition) is 4.